The Bertz CT molecular complexity index is 160. The molecule has 1 aliphatic rings. The standard InChI is InChI=1S/C12H26N2O/c1-4-12(10-13-11-6-7-11)14(3)8-9-15-5-2/h11-13H,4-10H2,1-3H3. The molecule has 90 valence electrons. The fourth-order valence-corrected chi connectivity index (χ4v) is 1.74. The maximum absolute atomic E-state index is 5.37. The minimum absolute atomic E-state index is 0.658. The van der Waals surface area contributed by atoms with Crippen LogP contribution in [0, 0.1) is 0 Å². The van der Waals surface area contributed by atoms with Gasteiger partial charge in [-0.3, -0.25) is 4.90 Å². The predicted octanol–water partition coefficient (Wildman–Crippen LogP) is 1.49. The average molecular weight is 214 g/mol. The van der Waals surface area contributed by atoms with Gasteiger partial charge in [-0.15, -0.1) is 0 Å². The highest BCUT2D eigenvalue weighted by atomic mass is 16.5. The van der Waals surface area contributed by atoms with Crippen molar-refractivity contribution in [2.24, 2.45) is 0 Å². The lowest BCUT2D eigenvalue weighted by molar-refractivity contribution is 0.105. The van der Waals surface area contributed by atoms with Crippen LogP contribution in [-0.4, -0.2) is 50.3 Å². The molecule has 0 aromatic rings. The minimum atomic E-state index is 0.658. The summed E-state index contributed by atoms with van der Waals surface area (Å²) >= 11 is 0. The van der Waals surface area contributed by atoms with Gasteiger partial charge in [0, 0.05) is 31.8 Å². The van der Waals surface area contributed by atoms with Crippen molar-refractivity contribution in [2.75, 3.05) is 33.4 Å². The van der Waals surface area contributed by atoms with Crippen molar-refractivity contribution in [3.63, 3.8) is 0 Å². The van der Waals surface area contributed by atoms with E-state index in [1.807, 2.05) is 6.92 Å². The van der Waals surface area contributed by atoms with Crippen LogP contribution in [0.25, 0.3) is 0 Å². The lowest BCUT2D eigenvalue weighted by atomic mass is 10.2. The Hall–Kier alpha value is -0.120. The second kappa shape index (κ2) is 7.20. The third kappa shape index (κ3) is 5.50. The van der Waals surface area contributed by atoms with E-state index < -0.39 is 0 Å². The lowest BCUT2D eigenvalue weighted by Crippen LogP contribution is -2.41. The molecule has 0 heterocycles. The summed E-state index contributed by atoms with van der Waals surface area (Å²) in [6.07, 6.45) is 3.96. The first-order chi connectivity index (χ1) is 7.27. The molecule has 0 saturated heterocycles. The molecule has 1 atom stereocenters. The van der Waals surface area contributed by atoms with E-state index in [9.17, 15) is 0 Å². The molecule has 0 amide bonds. The third-order valence-electron chi connectivity index (χ3n) is 3.11. The van der Waals surface area contributed by atoms with E-state index in [4.69, 9.17) is 4.74 Å². The van der Waals surface area contributed by atoms with Crippen molar-refractivity contribution in [1.82, 2.24) is 10.2 Å². The van der Waals surface area contributed by atoms with Gasteiger partial charge in [-0.05, 0) is 33.2 Å². The number of hydrogen-bond acceptors (Lipinski definition) is 3. The molecule has 0 bridgehead atoms. The van der Waals surface area contributed by atoms with E-state index in [-0.39, 0.29) is 0 Å². The zero-order valence-electron chi connectivity index (χ0n) is 10.5. The topological polar surface area (TPSA) is 24.5 Å². The molecule has 1 rings (SSSR count). The molecule has 0 radical (unpaired) electrons. The molecule has 15 heavy (non-hydrogen) atoms. The largest absolute Gasteiger partial charge is 0.380 e. The van der Waals surface area contributed by atoms with Gasteiger partial charge >= 0.3 is 0 Å². The highest BCUT2D eigenvalue weighted by Crippen LogP contribution is 2.18. The normalized spacial score (nSPS) is 18.4. The van der Waals surface area contributed by atoms with Crippen molar-refractivity contribution < 1.29 is 4.74 Å². The minimum Gasteiger partial charge on any atom is -0.380 e. The van der Waals surface area contributed by atoms with Crippen molar-refractivity contribution in [1.29, 1.82) is 0 Å². The summed E-state index contributed by atoms with van der Waals surface area (Å²) in [7, 11) is 2.20. The third-order valence-corrected chi connectivity index (χ3v) is 3.11. The van der Waals surface area contributed by atoms with Gasteiger partial charge in [0.1, 0.15) is 0 Å². The van der Waals surface area contributed by atoms with E-state index in [0.717, 1.165) is 32.3 Å². The highest BCUT2D eigenvalue weighted by molar-refractivity contribution is 4.83. The van der Waals surface area contributed by atoms with Crippen molar-refractivity contribution in [2.45, 2.75) is 45.2 Å². The van der Waals surface area contributed by atoms with E-state index in [1.54, 1.807) is 0 Å². The van der Waals surface area contributed by atoms with Crippen molar-refractivity contribution >= 4 is 0 Å². The predicted molar refractivity (Wildman–Crippen MR) is 64.2 cm³/mol. The van der Waals surface area contributed by atoms with Crippen molar-refractivity contribution in [3.8, 4) is 0 Å². The Morgan fingerprint density at radius 2 is 2.13 bits per heavy atom. The number of nitrogens with zero attached hydrogens (tertiary/aromatic N) is 1. The quantitative estimate of drug-likeness (QED) is 0.589. The van der Waals surface area contributed by atoms with Crippen LogP contribution in [0.15, 0.2) is 0 Å². The first-order valence-electron chi connectivity index (χ1n) is 6.29. The van der Waals surface area contributed by atoms with Crippen LogP contribution in [0.2, 0.25) is 0 Å². The van der Waals surface area contributed by atoms with Crippen LogP contribution in [0.4, 0.5) is 0 Å². The highest BCUT2D eigenvalue weighted by Gasteiger charge is 2.22. The Labute approximate surface area is 94.2 Å². The molecular weight excluding hydrogens is 188 g/mol. The molecule has 1 N–H and O–H groups in total. The van der Waals surface area contributed by atoms with Crippen LogP contribution in [-0.2, 0) is 4.74 Å². The first kappa shape index (κ1) is 12.9. The van der Waals surface area contributed by atoms with Gasteiger partial charge in [0.2, 0.25) is 0 Å². The van der Waals surface area contributed by atoms with Gasteiger partial charge in [-0.1, -0.05) is 6.92 Å². The Morgan fingerprint density at radius 3 is 2.67 bits per heavy atom. The SMILES string of the molecule is CCOCCN(C)C(CC)CNC1CC1. The molecule has 1 unspecified atom stereocenters. The molecule has 1 fully saturated rings. The average Bonchev–Trinajstić information content (AvgIpc) is 3.03. The first-order valence-corrected chi connectivity index (χ1v) is 6.29. The van der Waals surface area contributed by atoms with Crippen LogP contribution >= 0.6 is 0 Å². The van der Waals surface area contributed by atoms with E-state index in [2.05, 4.69) is 24.2 Å². The Balaban J connectivity index is 2.10. The summed E-state index contributed by atoms with van der Waals surface area (Å²) in [5, 5.41) is 3.60. The van der Waals surface area contributed by atoms with Crippen LogP contribution < -0.4 is 5.32 Å². The Kier molecular flexibility index (Phi) is 6.22. The summed E-state index contributed by atoms with van der Waals surface area (Å²) in [5.74, 6) is 0. The zero-order chi connectivity index (χ0) is 11.1. The van der Waals surface area contributed by atoms with E-state index >= 15 is 0 Å². The van der Waals surface area contributed by atoms with Crippen LogP contribution in [0.1, 0.15) is 33.1 Å². The van der Waals surface area contributed by atoms with Gasteiger partial charge in [0.15, 0.2) is 0 Å². The van der Waals surface area contributed by atoms with Gasteiger partial charge in [0.25, 0.3) is 0 Å². The lowest BCUT2D eigenvalue weighted by Gasteiger charge is -2.27. The number of likely N-dealkylation sites (N-methyl/N-ethyl adjacent to an activating group) is 1. The van der Waals surface area contributed by atoms with Gasteiger partial charge in [-0.2, -0.15) is 0 Å². The van der Waals surface area contributed by atoms with Crippen LogP contribution in [0.3, 0.4) is 0 Å². The fourth-order valence-electron chi connectivity index (χ4n) is 1.74. The molecule has 1 saturated carbocycles. The van der Waals surface area contributed by atoms with Crippen molar-refractivity contribution in [3.05, 3.63) is 0 Å². The second-order valence-electron chi connectivity index (χ2n) is 4.42. The fraction of sp³-hybridized carbons (Fsp3) is 1.00. The summed E-state index contributed by atoms with van der Waals surface area (Å²) in [6, 6.07) is 1.48. The molecular formula is C12H26N2O. The second-order valence-corrected chi connectivity index (χ2v) is 4.42. The van der Waals surface area contributed by atoms with Crippen LogP contribution in [0.5, 0.6) is 0 Å². The molecule has 3 heteroatoms. The maximum atomic E-state index is 5.37. The van der Waals surface area contributed by atoms with E-state index in [0.29, 0.717) is 6.04 Å². The zero-order valence-corrected chi connectivity index (χ0v) is 10.5. The summed E-state index contributed by atoms with van der Waals surface area (Å²) in [4.78, 5) is 2.41. The summed E-state index contributed by atoms with van der Waals surface area (Å²) in [6.45, 7) is 8.16. The monoisotopic (exact) mass is 214 g/mol. The molecule has 0 aromatic carbocycles. The molecule has 0 aliphatic heterocycles. The van der Waals surface area contributed by atoms with E-state index in [1.165, 1.54) is 19.3 Å². The van der Waals surface area contributed by atoms with Gasteiger partial charge in [0.05, 0.1) is 6.61 Å². The molecule has 1 aliphatic carbocycles. The number of nitrogens with one attached hydrogen (secondary N) is 1. The molecule has 3 nitrogen and oxygen atoms in total. The molecule has 0 aromatic heterocycles. The smallest absolute Gasteiger partial charge is 0.0593 e. The molecule has 0 spiro atoms. The maximum Gasteiger partial charge on any atom is 0.0593 e. The summed E-state index contributed by atoms with van der Waals surface area (Å²) in [5.41, 5.74) is 0. The van der Waals surface area contributed by atoms with Gasteiger partial charge in [-0.25, -0.2) is 0 Å². The number of rotatable bonds is 9. The number of hydrogen-bond donors (Lipinski definition) is 1. The summed E-state index contributed by atoms with van der Waals surface area (Å²) < 4.78 is 5.37. The van der Waals surface area contributed by atoms with Gasteiger partial charge < -0.3 is 10.1 Å². The Morgan fingerprint density at radius 1 is 1.40 bits per heavy atom. The number of ether oxygens (including phenoxy) is 1.